The lowest BCUT2D eigenvalue weighted by molar-refractivity contribution is 0.00578. The number of benzene rings is 1. The normalized spacial score (nSPS) is 23.5. The first-order chi connectivity index (χ1) is 12.7. The topological polar surface area (TPSA) is 60.0 Å². The van der Waals surface area contributed by atoms with E-state index in [1.54, 1.807) is 17.0 Å². The Balaban J connectivity index is 1.40. The van der Waals surface area contributed by atoms with Gasteiger partial charge in [0.15, 0.2) is 0 Å². The third kappa shape index (κ3) is 4.55. The minimum Gasteiger partial charge on any atom is -0.492 e. The minimum absolute atomic E-state index is 0.128. The van der Waals surface area contributed by atoms with E-state index in [9.17, 15) is 9.18 Å². The number of likely N-dealkylation sites (tertiary alicyclic amines) is 1. The van der Waals surface area contributed by atoms with Crippen LogP contribution in [0.3, 0.4) is 0 Å². The first kappa shape index (κ1) is 20.0. The van der Waals surface area contributed by atoms with E-state index in [1.807, 2.05) is 27.7 Å². The summed E-state index contributed by atoms with van der Waals surface area (Å²) >= 11 is 0. The number of hydrogen-bond donors (Lipinski definition) is 1. The molecule has 1 aromatic carbocycles. The lowest BCUT2D eigenvalue weighted by Crippen LogP contribution is -2.41. The van der Waals surface area contributed by atoms with Crippen molar-refractivity contribution in [3.05, 3.63) is 30.1 Å². The third-order valence-corrected chi connectivity index (χ3v) is 5.61. The zero-order chi connectivity index (χ0) is 19.7. The number of urea groups is 1. The number of ether oxygens (including phenoxy) is 1. The molecule has 0 saturated carbocycles. The highest BCUT2D eigenvalue weighted by atomic mass is 19.1. The Hall–Kier alpha value is -1.80. The van der Waals surface area contributed by atoms with Crippen LogP contribution in [0.15, 0.2) is 24.3 Å². The Labute approximate surface area is 160 Å². The van der Waals surface area contributed by atoms with Crippen LogP contribution >= 0.6 is 0 Å². The van der Waals surface area contributed by atoms with Crippen molar-refractivity contribution >= 4 is 13.1 Å². The zero-order valence-corrected chi connectivity index (χ0v) is 16.5. The van der Waals surface area contributed by atoms with Crippen LogP contribution in [-0.2, 0) is 9.31 Å². The quantitative estimate of drug-likeness (QED) is 0.632. The molecule has 6 nitrogen and oxygen atoms in total. The summed E-state index contributed by atoms with van der Waals surface area (Å²) in [5.41, 5.74) is -0.719. The summed E-state index contributed by atoms with van der Waals surface area (Å²) in [5, 5.41) is 2.84. The number of amides is 2. The van der Waals surface area contributed by atoms with Crippen molar-refractivity contribution in [1.82, 2.24) is 10.2 Å². The van der Waals surface area contributed by atoms with Gasteiger partial charge in [-0.05, 0) is 46.2 Å². The van der Waals surface area contributed by atoms with Crippen LogP contribution in [0.1, 0.15) is 34.1 Å². The van der Waals surface area contributed by atoms with Crippen molar-refractivity contribution in [2.24, 2.45) is 0 Å². The number of carbonyl (C=O) groups is 1. The molecule has 3 rings (SSSR count). The van der Waals surface area contributed by atoms with E-state index >= 15 is 0 Å². The van der Waals surface area contributed by atoms with Crippen LogP contribution in [0.4, 0.5) is 9.18 Å². The van der Waals surface area contributed by atoms with Gasteiger partial charge in [-0.1, -0.05) is 6.07 Å². The average Bonchev–Trinajstić information content (AvgIpc) is 3.15. The number of carbonyl (C=O) groups excluding carboxylic acids is 1. The van der Waals surface area contributed by atoms with Gasteiger partial charge in [0.05, 0.1) is 17.7 Å². The molecule has 2 saturated heterocycles. The minimum atomic E-state index is -0.360. The summed E-state index contributed by atoms with van der Waals surface area (Å²) in [6, 6.07) is 5.82. The van der Waals surface area contributed by atoms with E-state index in [2.05, 4.69) is 5.32 Å². The third-order valence-electron chi connectivity index (χ3n) is 5.61. The fraction of sp³-hybridized carbons (Fsp3) is 0.632. The fourth-order valence-electron chi connectivity index (χ4n) is 3.27. The number of rotatable bonds is 5. The summed E-state index contributed by atoms with van der Waals surface area (Å²) in [4.78, 5) is 14.1. The summed E-state index contributed by atoms with van der Waals surface area (Å²) in [6.07, 6.45) is 0.851. The van der Waals surface area contributed by atoms with Gasteiger partial charge < -0.3 is 24.3 Å². The van der Waals surface area contributed by atoms with Crippen LogP contribution in [0, 0.1) is 5.82 Å². The van der Waals surface area contributed by atoms with Crippen molar-refractivity contribution < 1.29 is 23.2 Å². The molecule has 1 N–H and O–H groups in total. The van der Waals surface area contributed by atoms with Gasteiger partial charge in [-0.2, -0.15) is 0 Å². The second-order valence-electron chi connectivity index (χ2n) is 8.16. The highest BCUT2D eigenvalue weighted by Crippen LogP contribution is 2.42. The summed E-state index contributed by atoms with van der Waals surface area (Å²) in [7, 11) is -0.288. The second-order valence-corrected chi connectivity index (χ2v) is 8.16. The molecule has 0 aliphatic carbocycles. The van der Waals surface area contributed by atoms with Crippen LogP contribution < -0.4 is 10.1 Å². The monoisotopic (exact) mass is 378 g/mol. The van der Waals surface area contributed by atoms with Crippen molar-refractivity contribution in [1.29, 1.82) is 0 Å². The first-order valence-corrected chi connectivity index (χ1v) is 9.45. The van der Waals surface area contributed by atoms with Crippen molar-refractivity contribution in [2.45, 2.75) is 51.1 Å². The lowest BCUT2D eigenvalue weighted by Gasteiger charge is -2.32. The molecule has 0 spiro atoms. The molecule has 148 valence electrons. The second kappa shape index (κ2) is 7.68. The largest absolute Gasteiger partial charge is 0.492 e. The van der Waals surface area contributed by atoms with Gasteiger partial charge in [0.25, 0.3) is 0 Å². The molecule has 1 aromatic rings. The van der Waals surface area contributed by atoms with Gasteiger partial charge in [-0.25, -0.2) is 9.18 Å². The predicted octanol–water partition coefficient (Wildman–Crippen LogP) is 3.08. The van der Waals surface area contributed by atoms with Crippen LogP contribution in [0.25, 0.3) is 0 Å². The molecule has 2 amide bonds. The molecule has 27 heavy (non-hydrogen) atoms. The summed E-state index contributed by atoms with van der Waals surface area (Å²) in [5.74, 6) is 0.272. The maximum Gasteiger partial charge on any atom is 0.463 e. The fourth-order valence-corrected chi connectivity index (χ4v) is 3.27. The molecule has 2 aliphatic heterocycles. The van der Waals surface area contributed by atoms with Crippen LogP contribution in [-0.4, -0.2) is 55.5 Å². The number of nitrogens with one attached hydrogen (secondary N) is 1. The molecule has 0 bridgehead atoms. The number of halogens is 1. The molecule has 2 heterocycles. The zero-order valence-electron chi connectivity index (χ0n) is 16.5. The standard InChI is InChI=1S/C19H28BFN2O4/c1-18(2)19(3,4)27-20(26-18)14-8-10-23(13-14)17(24)22-9-11-25-16-7-5-6-15(21)12-16/h5-7,12,14H,8-11,13H2,1-4H3,(H,22,24). The van der Waals surface area contributed by atoms with Crippen molar-refractivity contribution in [3.8, 4) is 5.75 Å². The Morgan fingerprint density at radius 3 is 2.70 bits per heavy atom. The van der Waals surface area contributed by atoms with E-state index in [4.69, 9.17) is 14.0 Å². The van der Waals surface area contributed by atoms with E-state index < -0.39 is 0 Å². The van der Waals surface area contributed by atoms with E-state index in [1.165, 1.54) is 12.1 Å². The summed E-state index contributed by atoms with van der Waals surface area (Å²) in [6.45, 7) is 10.0. The molecule has 0 aromatic heterocycles. The van der Waals surface area contributed by atoms with Gasteiger partial charge in [0, 0.05) is 25.0 Å². The van der Waals surface area contributed by atoms with Gasteiger partial charge >= 0.3 is 13.1 Å². The molecule has 8 heteroatoms. The molecule has 1 unspecified atom stereocenters. The highest BCUT2D eigenvalue weighted by molar-refractivity contribution is 6.47. The lowest BCUT2D eigenvalue weighted by atomic mass is 9.71. The van der Waals surface area contributed by atoms with Gasteiger partial charge in [-0.15, -0.1) is 0 Å². The smallest absolute Gasteiger partial charge is 0.463 e. The summed E-state index contributed by atoms with van der Waals surface area (Å²) < 4.78 is 30.7. The maximum absolute atomic E-state index is 13.1. The Bertz CT molecular complexity index is 669. The average molecular weight is 378 g/mol. The van der Waals surface area contributed by atoms with E-state index in [0.717, 1.165) is 6.42 Å². The Morgan fingerprint density at radius 2 is 2.04 bits per heavy atom. The van der Waals surface area contributed by atoms with Gasteiger partial charge in [0.1, 0.15) is 18.2 Å². The molecule has 2 aliphatic rings. The molecule has 0 radical (unpaired) electrons. The van der Waals surface area contributed by atoms with Gasteiger partial charge in [-0.3, -0.25) is 0 Å². The number of nitrogens with zero attached hydrogens (tertiary/aromatic N) is 1. The van der Waals surface area contributed by atoms with Crippen LogP contribution in [0.5, 0.6) is 5.75 Å². The van der Waals surface area contributed by atoms with E-state index in [0.29, 0.717) is 25.4 Å². The highest BCUT2D eigenvalue weighted by Gasteiger charge is 2.54. The Morgan fingerprint density at radius 1 is 1.33 bits per heavy atom. The molecule has 1 atom stereocenters. The first-order valence-electron chi connectivity index (χ1n) is 9.45. The van der Waals surface area contributed by atoms with Crippen molar-refractivity contribution in [3.63, 3.8) is 0 Å². The predicted molar refractivity (Wildman–Crippen MR) is 101 cm³/mol. The van der Waals surface area contributed by atoms with Crippen molar-refractivity contribution in [2.75, 3.05) is 26.2 Å². The molecular weight excluding hydrogens is 350 g/mol. The van der Waals surface area contributed by atoms with Crippen LogP contribution in [0.2, 0.25) is 5.82 Å². The molecule has 2 fully saturated rings. The Kier molecular flexibility index (Phi) is 5.67. The SMILES string of the molecule is CC1(C)OB(C2CCN(C(=O)NCCOc3cccc(F)c3)C2)OC1(C)C. The number of hydrogen-bond acceptors (Lipinski definition) is 4. The van der Waals surface area contributed by atoms with Gasteiger partial charge in [0.2, 0.25) is 0 Å². The van der Waals surface area contributed by atoms with E-state index in [-0.39, 0.29) is 42.6 Å². The molecular formula is C19H28BFN2O4. The maximum atomic E-state index is 13.1.